The number of sulfone groups is 1. The van der Waals surface area contributed by atoms with Crippen molar-refractivity contribution in [3.8, 4) is 0 Å². The first kappa shape index (κ1) is 15.2. The van der Waals surface area contributed by atoms with Crippen molar-refractivity contribution in [1.29, 1.82) is 0 Å². The largest absolute Gasteiger partial charge is 0.415 e. The standard InChI is InChI=1S/C9H15F3N2O3S/c1-8(13,9(10,11)12)7(15)14-6-3-2-4-18(16,17)5-6/h6H,2-5,13H2,1H3,(H,14,15). The second-order valence-corrected chi connectivity index (χ2v) is 6.86. The Morgan fingerprint density at radius 3 is 2.39 bits per heavy atom. The minimum atomic E-state index is -4.88. The summed E-state index contributed by atoms with van der Waals surface area (Å²) in [6, 6.07) is -0.804. The van der Waals surface area contributed by atoms with Gasteiger partial charge in [0.25, 0.3) is 0 Å². The first-order valence-electron chi connectivity index (χ1n) is 5.33. The van der Waals surface area contributed by atoms with Gasteiger partial charge in [0.05, 0.1) is 11.5 Å². The average Bonchev–Trinajstić information content (AvgIpc) is 2.13. The first-order chi connectivity index (χ1) is 7.96. The zero-order valence-electron chi connectivity index (χ0n) is 9.75. The minimum absolute atomic E-state index is 0.00145. The fourth-order valence-corrected chi connectivity index (χ4v) is 3.24. The van der Waals surface area contributed by atoms with Crippen LogP contribution in [0.25, 0.3) is 0 Å². The molecule has 1 fully saturated rings. The lowest BCUT2D eigenvalue weighted by Gasteiger charge is -2.30. The molecule has 0 aromatic heterocycles. The van der Waals surface area contributed by atoms with Gasteiger partial charge in [-0.1, -0.05) is 0 Å². The molecule has 0 bridgehead atoms. The van der Waals surface area contributed by atoms with E-state index in [1.807, 2.05) is 0 Å². The summed E-state index contributed by atoms with van der Waals surface area (Å²) in [4.78, 5) is 11.4. The van der Waals surface area contributed by atoms with Crippen LogP contribution in [0.15, 0.2) is 0 Å². The highest BCUT2D eigenvalue weighted by Crippen LogP contribution is 2.28. The van der Waals surface area contributed by atoms with Crippen LogP contribution in [0.4, 0.5) is 13.2 Å². The Kier molecular flexibility index (Phi) is 3.97. The van der Waals surface area contributed by atoms with E-state index in [4.69, 9.17) is 5.73 Å². The number of alkyl halides is 3. The molecule has 5 nitrogen and oxygen atoms in total. The van der Waals surface area contributed by atoms with E-state index in [9.17, 15) is 26.4 Å². The van der Waals surface area contributed by atoms with E-state index >= 15 is 0 Å². The van der Waals surface area contributed by atoms with Crippen molar-refractivity contribution in [2.75, 3.05) is 11.5 Å². The Labute approximate surface area is 103 Å². The van der Waals surface area contributed by atoms with Crippen molar-refractivity contribution >= 4 is 15.7 Å². The van der Waals surface area contributed by atoms with Crippen molar-refractivity contribution in [3.63, 3.8) is 0 Å². The van der Waals surface area contributed by atoms with Crippen LogP contribution in [-0.2, 0) is 14.6 Å². The SMILES string of the molecule is CC(N)(C(=O)NC1CCCS(=O)(=O)C1)C(F)(F)F. The molecular weight excluding hydrogens is 273 g/mol. The summed E-state index contributed by atoms with van der Waals surface area (Å²) in [7, 11) is -3.30. The lowest BCUT2D eigenvalue weighted by Crippen LogP contribution is -2.63. The minimum Gasteiger partial charge on any atom is -0.350 e. The number of hydrogen-bond acceptors (Lipinski definition) is 4. The number of carbonyl (C=O) groups excluding carboxylic acids is 1. The van der Waals surface area contributed by atoms with Crippen molar-refractivity contribution in [2.24, 2.45) is 5.73 Å². The molecule has 0 saturated carbocycles. The summed E-state index contributed by atoms with van der Waals surface area (Å²) in [5.74, 6) is -1.75. The van der Waals surface area contributed by atoms with Crippen LogP contribution in [0.5, 0.6) is 0 Å². The van der Waals surface area contributed by atoms with Crippen LogP contribution in [0.1, 0.15) is 19.8 Å². The molecule has 0 radical (unpaired) electrons. The van der Waals surface area contributed by atoms with Crippen LogP contribution in [0.3, 0.4) is 0 Å². The van der Waals surface area contributed by atoms with Crippen molar-refractivity contribution < 1.29 is 26.4 Å². The maximum absolute atomic E-state index is 12.5. The zero-order chi connectivity index (χ0) is 14.2. The quantitative estimate of drug-likeness (QED) is 0.746. The van der Waals surface area contributed by atoms with Gasteiger partial charge in [0, 0.05) is 6.04 Å². The predicted octanol–water partition coefficient (Wildman–Crippen LogP) is -0.0405. The van der Waals surface area contributed by atoms with Crippen molar-refractivity contribution in [1.82, 2.24) is 5.32 Å². The van der Waals surface area contributed by atoms with Gasteiger partial charge in [0.15, 0.2) is 15.4 Å². The van der Waals surface area contributed by atoms with Gasteiger partial charge < -0.3 is 11.1 Å². The third-order valence-corrected chi connectivity index (χ3v) is 4.68. The second-order valence-electron chi connectivity index (χ2n) is 4.63. The zero-order valence-corrected chi connectivity index (χ0v) is 10.6. The molecule has 106 valence electrons. The number of rotatable bonds is 2. The molecule has 0 spiro atoms. The summed E-state index contributed by atoms with van der Waals surface area (Å²) in [6.45, 7) is 0.555. The number of amides is 1. The van der Waals surface area contributed by atoms with Gasteiger partial charge in [-0.25, -0.2) is 8.42 Å². The molecule has 0 aliphatic carbocycles. The monoisotopic (exact) mass is 288 g/mol. The fraction of sp³-hybridized carbons (Fsp3) is 0.889. The molecular formula is C9H15F3N2O3S. The molecule has 1 rings (SSSR count). The number of nitrogens with two attached hydrogens (primary N) is 1. The van der Waals surface area contributed by atoms with Crippen LogP contribution in [-0.4, -0.2) is 43.6 Å². The second kappa shape index (κ2) is 4.69. The molecule has 2 atom stereocenters. The highest BCUT2D eigenvalue weighted by molar-refractivity contribution is 7.91. The highest BCUT2D eigenvalue weighted by Gasteiger charge is 2.54. The summed E-state index contributed by atoms with van der Waals surface area (Å²) in [6.07, 6.45) is -4.23. The van der Waals surface area contributed by atoms with Crippen molar-refractivity contribution in [3.05, 3.63) is 0 Å². The Hall–Kier alpha value is -0.830. The Balaban J connectivity index is 2.71. The Morgan fingerprint density at radius 2 is 1.94 bits per heavy atom. The summed E-state index contributed by atoms with van der Waals surface area (Å²) in [5.41, 5.74) is 1.92. The highest BCUT2D eigenvalue weighted by atomic mass is 32.2. The van der Waals surface area contributed by atoms with Gasteiger partial charge in [-0.3, -0.25) is 4.79 Å². The van der Waals surface area contributed by atoms with Gasteiger partial charge in [-0.2, -0.15) is 13.2 Å². The molecule has 1 amide bonds. The van der Waals surface area contributed by atoms with Gasteiger partial charge in [0.1, 0.15) is 0 Å². The molecule has 9 heteroatoms. The number of carbonyl (C=O) groups is 1. The average molecular weight is 288 g/mol. The molecule has 3 N–H and O–H groups in total. The predicted molar refractivity (Wildman–Crippen MR) is 58.5 cm³/mol. The first-order valence-corrected chi connectivity index (χ1v) is 7.15. The van der Waals surface area contributed by atoms with Gasteiger partial charge in [-0.05, 0) is 19.8 Å². The maximum atomic E-state index is 12.5. The van der Waals surface area contributed by atoms with Crippen LogP contribution in [0, 0.1) is 0 Å². The Bertz CT molecular complexity index is 431. The van der Waals surface area contributed by atoms with E-state index < -0.39 is 33.5 Å². The molecule has 1 heterocycles. The van der Waals surface area contributed by atoms with E-state index in [-0.39, 0.29) is 11.5 Å². The summed E-state index contributed by atoms with van der Waals surface area (Å²) in [5, 5.41) is 2.06. The van der Waals surface area contributed by atoms with Gasteiger partial charge in [-0.15, -0.1) is 0 Å². The van der Waals surface area contributed by atoms with E-state index in [0.29, 0.717) is 19.8 Å². The number of hydrogen-bond donors (Lipinski definition) is 2. The van der Waals surface area contributed by atoms with E-state index in [0.717, 1.165) is 0 Å². The lowest BCUT2D eigenvalue weighted by molar-refractivity contribution is -0.187. The molecule has 18 heavy (non-hydrogen) atoms. The maximum Gasteiger partial charge on any atom is 0.415 e. The molecule has 1 saturated heterocycles. The van der Waals surface area contributed by atoms with Crippen molar-refractivity contribution in [2.45, 2.75) is 37.5 Å². The smallest absolute Gasteiger partial charge is 0.350 e. The third kappa shape index (κ3) is 3.35. The van der Waals surface area contributed by atoms with E-state index in [1.165, 1.54) is 0 Å². The van der Waals surface area contributed by atoms with Gasteiger partial charge in [0.2, 0.25) is 5.91 Å². The fourth-order valence-electron chi connectivity index (χ4n) is 1.60. The molecule has 2 unspecified atom stereocenters. The lowest BCUT2D eigenvalue weighted by atomic mass is 10.0. The summed E-state index contributed by atoms with van der Waals surface area (Å²) >= 11 is 0. The molecule has 1 aliphatic rings. The third-order valence-electron chi connectivity index (χ3n) is 2.86. The normalized spacial score (nSPS) is 27.3. The molecule has 1 aliphatic heterocycles. The van der Waals surface area contributed by atoms with Gasteiger partial charge >= 0.3 is 6.18 Å². The van der Waals surface area contributed by atoms with E-state index in [2.05, 4.69) is 5.32 Å². The molecule has 0 aromatic rings. The number of nitrogens with one attached hydrogen (secondary N) is 1. The van der Waals surface area contributed by atoms with Crippen LogP contribution >= 0.6 is 0 Å². The molecule has 0 aromatic carbocycles. The van der Waals surface area contributed by atoms with Crippen LogP contribution < -0.4 is 11.1 Å². The van der Waals surface area contributed by atoms with Crippen LogP contribution in [0.2, 0.25) is 0 Å². The number of halogens is 3. The van der Waals surface area contributed by atoms with E-state index in [1.54, 1.807) is 0 Å². The Morgan fingerprint density at radius 1 is 1.39 bits per heavy atom. The topological polar surface area (TPSA) is 89.3 Å². The summed E-state index contributed by atoms with van der Waals surface area (Å²) < 4.78 is 60.0.